The standard InChI is InChI=1S/C23H29ClN4O/c24-21-5-3-4-19(16-21)17-27-12-14-28(15-13-27)23(29)20-7-10-26(11-8-20)18-22-6-1-2-9-25-22/h1-6,9,16,20H,7-8,10-15,17-18H2. The summed E-state index contributed by atoms with van der Waals surface area (Å²) in [7, 11) is 0. The third-order valence-electron chi connectivity index (χ3n) is 6.03. The lowest BCUT2D eigenvalue weighted by Crippen LogP contribution is -2.51. The highest BCUT2D eigenvalue weighted by Crippen LogP contribution is 2.22. The van der Waals surface area contributed by atoms with E-state index in [2.05, 4.69) is 31.8 Å². The van der Waals surface area contributed by atoms with Crippen LogP contribution in [0, 0.1) is 5.92 Å². The van der Waals surface area contributed by atoms with Crippen molar-refractivity contribution in [2.45, 2.75) is 25.9 Å². The first-order valence-electron chi connectivity index (χ1n) is 10.6. The van der Waals surface area contributed by atoms with E-state index in [4.69, 9.17) is 11.6 Å². The Kier molecular flexibility index (Phi) is 6.80. The molecule has 154 valence electrons. The van der Waals surface area contributed by atoms with Crippen molar-refractivity contribution in [1.29, 1.82) is 0 Å². The van der Waals surface area contributed by atoms with Crippen molar-refractivity contribution >= 4 is 17.5 Å². The Hall–Kier alpha value is -1.95. The molecule has 2 fully saturated rings. The van der Waals surface area contributed by atoms with Gasteiger partial charge in [-0.2, -0.15) is 0 Å². The van der Waals surface area contributed by atoms with Gasteiger partial charge < -0.3 is 4.90 Å². The number of rotatable bonds is 5. The Morgan fingerprint density at radius 3 is 2.38 bits per heavy atom. The van der Waals surface area contributed by atoms with Crippen molar-refractivity contribution in [2.24, 2.45) is 5.92 Å². The van der Waals surface area contributed by atoms with Gasteiger partial charge in [0, 0.05) is 56.4 Å². The number of hydrogen-bond donors (Lipinski definition) is 0. The highest BCUT2D eigenvalue weighted by atomic mass is 35.5. The smallest absolute Gasteiger partial charge is 0.225 e. The van der Waals surface area contributed by atoms with Crippen LogP contribution in [0.15, 0.2) is 48.7 Å². The van der Waals surface area contributed by atoms with Gasteiger partial charge in [-0.25, -0.2) is 0 Å². The first kappa shape index (κ1) is 20.3. The van der Waals surface area contributed by atoms with Gasteiger partial charge in [0.2, 0.25) is 5.91 Å². The van der Waals surface area contributed by atoms with E-state index in [1.165, 1.54) is 5.56 Å². The van der Waals surface area contributed by atoms with Crippen LogP contribution in [0.25, 0.3) is 0 Å². The molecule has 0 spiro atoms. The normalized spacial score (nSPS) is 19.4. The van der Waals surface area contributed by atoms with Gasteiger partial charge in [0.15, 0.2) is 0 Å². The summed E-state index contributed by atoms with van der Waals surface area (Å²) in [5.74, 6) is 0.527. The van der Waals surface area contributed by atoms with E-state index in [0.717, 1.165) is 75.9 Å². The number of piperidine rings is 1. The molecule has 1 aromatic carbocycles. The van der Waals surface area contributed by atoms with E-state index in [9.17, 15) is 4.79 Å². The van der Waals surface area contributed by atoms with E-state index in [0.29, 0.717) is 5.91 Å². The van der Waals surface area contributed by atoms with Crippen molar-refractivity contribution in [1.82, 2.24) is 19.7 Å². The summed E-state index contributed by atoms with van der Waals surface area (Å²) in [6, 6.07) is 14.1. The monoisotopic (exact) mass is 412 g/mol. The molecule has 2 aromatic rings. The summed E-state index contributed by atoms with van der Waals surface area (Å²) < 4.78 is 0. The van der Waals surface area contributed by atoms with Crippen molar-refractivity contribution < 1.29 is 4.79 Å². The second-order valence-electron chi connectivity index (χ2n) is 8.10. The molecular weight excluding hydrogens is 384 g/mol. The quantitative estimate of drug-likeness (QED) is 0.755. The van der Waals surface area contributed by atoms with Crippen LogP contribution in [0.2, 0.25) is 5.02 Å². The zero-order valence-corrected chi connectivity index (χ0v) is 17.6. The summed E-state index contributed by atoms with van der Waals surface area (Å²) in [6.07, 6.45) is 3.75. The van der Waals surface area contributed by atoms with Crippen molar-refractivity contribution in [3.05, 3.63) is 64.9 Å². The van der Waals surface area contributed by atoms with Gasteiger partial charge in [-0.05, 0) is 55.8 Å². The molecule has 2 aliphatic rings. The predicted octanol–water partition coefficient (Wildman–Crippen LogP) is 3.29. The number of piperazine rings is 1. The minimum Gasteiger partial charge on any atom is -0.340 e. The van der Waals surface area contributed by atoms with E-state index >= 15 is 0 Å². The second kappa shape index (κ2) is 9.70. The molecule has 0 bridgehead atoms. The predicted molar refractivity (Wildman–Crippen MR) is 116 cm³/mol. The van der Waals surface area contributed by atoms with Gasteiger partial charge in [0.25, 0.3) is 0 Å². The van der Waals surface area contributed by atoms with E-state index in [1.807, 2.05) is 36.5 Å². The molecule has 0 saturated carbocycles. The lowest BCUT2D eigenvalue weighted by atomic mass is 9.95. The van der Waals surface area contributed by atoms with Crippen LogP contribution >= 0.6 is 11.6 Å². The lowest BCUT2D eigenvalue weighted by Gasteiger charge is -2.38. The fourth-order valence-electron chi connectivity index (χ4n) is 4.34. The molecule has 1 aromatic heterocycles. The van der Waals surface area contributed by atoms with Crippen LogP contribution in [-0.4, -0.2) is 64.9 Å². The Balaban J connectivity index is 1.21. The van der Waals surface area contributed by atoms with E-state index in [-0.39, 0.29) is 5.92 Å². The molecule has 5 nitrogen and oxygen atoms in total. The maximum atomic E-state index is 13.0. The van der Waals surface area contributed by atoms with Gasteiger partial charge >= 0.3 is 0 Å². The molecule has 0 aliphatic carbocycles. The number of benzene rings is 1. The van der Waals surface area contributed by atoms with Crippen molar-refractivity contribution in [3.63, 3.8) is 0 Å². The number of hydrogen-bond acceptors (Lipinski definition) is 4. The molecule has 2 saturated heterocycles. The fraction of sp³-hybridized carbons (Fsp3) is 0.478. The van der Waals surface area contributed by atoms with Crippen LogP contribution in [0.5, 0.6) is 0 Å². The van der Waals surface area contributed by atoms with Gasteiger partial charge in [-0.3, -0.25) is 19.6 Å². The molecule has 4 rings (SSSR count). The third kappa shape index (κ3) is 5.56. The number of likely N-dealkylation sites (tertiary alicyclic amines) is 1. The average Bonchev–Trinajstić information content (AvgIpc) is 2.75. The third-order valence-corrected chi connectivity index (χ3v) is 6.26. The Bertz CT molecular complexity index is 800. The molecule has 2 aliphatic heterocycles. The molecule has 0 N–H and O–H groups in total. The van der Waals surface area contributed by atoms with Crippen LogP contribution in [0.4, 0.5) is 0 Å². The Labute approximate surface area is 178 Å². The molecule has 29 heavy (non-hydrogen) atoms. The zero-order valence-electron chi connectivity index (χ0n) is 16.8. The SMILES string of the molecule is O=C(C1CCN(Cc2ccccn2)CC1)N1CCN(Cc2cccc(Cl)c2)CC1. The number of nitrogens with zero attached hydrogens (tertiary/aromatic N) is 4. The molecule has 0 radical (unpaired) electrons. The summed E-state index contributed by atoms with van der Waals surface area (Å²) in [6.45, 7) is 7.23. The maximum Gasteiger partial charge on any atom is 0.225 e. The minimum atomic E-state index is 0.175. The van der Waals surface area contributed by atoms with Gasteiger partial charge in [0.05, 0.1) is 5.69 Å². The lowest BCUT2D eigenvalue weighted by molar-refractivity contribution is -0.139. The average molecular weight is 413 g/mol. The fourth-order valence-corrected chi connectivity index (χ4v) is 4.55. The largest absolute Gasteiger partial charge is 0.340 e. The van der Waals surface area contributed by atoms with Gasteiger partial charge in [-0.1, -0.05) is 29.8 Å². The van der Waals surface area contributed by atoms with E-state index < -0.39 is 0 Å². The van der Waals surface area contributed by atoms with Crippen LogP contribution in [-0.2, 0) is 17.9 Å². The molecule has 1 amide bonds. The molecule has 6 heteroatoms. The van der Waals surface area contributed by atoms with Crippen LogP contribution in [0.1, 0.15) is 24.1 Å². The Morgan fingerprint density at radius 2 is 1.69 bits per heavy atom. The zero-order chi connectivity index (χ0) is 20.1. The second-order valence-corrected chi connectivity index (χ2v) is 8.54. The number of carbonyl (C=O) groups excluding carboxylic acids is 1. The van der Waals surface area contributed by atoms with E-state index in [1.54, 1.807) is 0 Å². The number of pyridine rings is 1. The first-order valence-corrected chi connectivity index (χ1v) is 10.9. The highest BCUT2D eigenvalue weighted by molar-refractivity contribution is 6.30. The highest BCUT2D eigenvalue weighted by Gasteiger charge is 2.30. The molecular formula is C23H29ClN4O. The number of amides is 1. The molecule has 0 unspecified atom stereocenters. The first-order chi connectivity index (χ1) is 14.2. The van der Waals surface area contributed by atoms with Crippen LogP contribution < -0.4 is 0 Å². The van der Waals surface area contributed by atoms with Crippen LogP contribution in [0.3, 0.4) is 0 Å². The maximum absolute atomic E-state index is 13.0. The van der Waals surface area contributed by atoms with Crippen molar-refractivity contribution in [2.75, 3.05) is 39.3 Å². The van der Waals surface area contributed by atoms with Gasteiger partial charge in [0.1, 0.15) is 0 Å². The summed E-state index contributed by atoms with van der Waals surface area (Å²) in [5, 5.41) is 0.783. The molecule has 3 heterocycles. The topological polar surface area (TPSA) is 39.7 Å². The van der Waals surface area contributed by atoms with Gasteiger partial charge in [-0.15, -0.1) is 0 Å². The molecule has 0 atom stereocenters. The van der Waals surface area contributed by atoms with Crippen molar-refractivity contribution in [3.8, 4) is 0 Å². The minimum absolute atomic E-state index is 0.175. The number of carbonyl (C=O) groups is 1. The number of halogens is 1. The number of aromatic nitrogens is 1. The summed E-state index contributed by atoms with van der Waals surface area (Å²) in [4.78, 5) is 24.3. The summed E-state index contributed by atoms with van der Waals surface area (Å²) in [5.41, 5.74) is 2.34. The Morgan fingerprint density at radius 1 is 0.931 bits per heavy atom. The summed E-state index contributed by atoms with van der Waals surface area (Å²) >= 11 is 6.09.